The van der Waals surface area contributed by atoms with E-state index in [-0.39, 0.29) is 12.4 Å². The minimum absolute atomic E-state index is 0.0363. The van der Waals surface area contributed by atoms with Crippen molar-refractivity contribution in [1.29, 1.82) is 0 Å². The highest BCUT2D eigenvalue weighted by Crippen LogP contribution is 2.38. The maximum atomic E-state index is 12.9. The fourth-order valence-corrected chi connectivity index (χ4v) is 4.34. The van der Waals surface area contributed by atoms with E-state index in [1.54, 1.807) is 12.1 Å². The van der Waals surface area contributed by atoms with Gasteiger partial charge in [0.2, 0.25) is 5.75 Å². The first kappa shape index (κ1) is 25.8. The van der Waals surface area contributed by atoms with Crippen LogP contribution >= 0.6 is 0 Å². The van der Waals surface area contributed by atoms with Gasteiger partial charge in [-0.2, -0.15) is 0 Å². The van der Waals surface area contributed by atoms with Crippen molar-refractivity contribution in [2.75, 3.05) is 34.5 Å². The van der Waals surface area contributed by atoms with Crippen LogP contribution in [0.4, 0.5) is 0 Å². The Hall–Kier alpha value is -2.77. The van der Waals surface area contributed by atoms with Crippen LogP contribution in [0.25, 0.3) is 0 Å². The van der Waals surface area contributed by atoms with Crippen molar-refractivity contribution in [1.82, 2.24) is 5.32 Å². The molecule has 0 bridgehead atoms. The molecule has 3 rings (SSSR count). The van der Waals surface area contributed by atoms with Gasteiger partial charge in [0.15, 0.2) is 17.3 Å². The molecule has 1 saturated carbocycles. The lowest BCUT2D eigenvalue weighted by Crippen LogP contribution is -2.39. The summed E-state index contributed by atoms with van der Waals surface area (Å²) >= 11 is 0. The third-order valence-electron chi connectivity index (χ3n) is 6.26. The number of para-hydroxylation sites is 1. The van der Waals surface area contributed by atoms with Crippen LogP contribution in [0.3, 0.4) is 0 Å². The lowest BCUT2D eigenvalue weighted by Gasteiger charge is -2.24. The Morgan fingerprint density at radius 1 is 1.00 bits per heavy atom. The number of ether oxygens (including phenoxy) is 4. The molecule has 0 spiro atoms. The topological polar surface area (TPSA) is 86.3 Å². The third kappa shape index (κ3) is 7.11. The lowest BCUT2D eigenvalue weighted by atomic mass is 9.95. The number of carbonyl (C=O) groups is 1. The van der Waals surface area contributed by atoms with Crippen LogP contribution in [-0.4, -0.2) is 57.5 Å². The number of methoxy groups -OCH3 is 3. The molecule has 34 heavy (non-hydrogen) atoms. The number of nitrogens with one attached hydrogen (secondary N) is 1. The molecular weight excluding hydrogens is 434 g/mol. The van der Waals surface area contributed by atoms with E-state index in [0.29, 0.717) is 54.0 Å². The van der Waals surface area contributed by atoms with Crippen LogP contribution in [0.5, 0.6) is 23.0 Å². The summed E-state index contributed by atoms with van der Waals surface area (Å²) in [6.45, 7) is 0.726. The standard InChI is InChI=1S/C27H37NO6/c1-31-25-15-20(16-26(32-2)27(25)33-3)23(30)14-13-19-9-7-8-12-24(19)34-18-22(29)17-28-21-10-5-4-6-11-21/h7-9,12,15-16,21-22,28-29H,4-6,10-11,13-14,17-18H2,1-3H3. The number of hydrogen-bond donors (Lipinski definition) is 2. The van der Waals surface area contributed by atoms with E-state index in [2.05, 4.69) is 5.32 Å². The molecule has 2 aromatic rings. The molecule has 0 aromatic heterocycles. The monoisotopic (exact) mass is 471 g/mol. The van der Waals surface area contributed by atoms with Crippen LogP contribution in [0.15, 0.2) is 36.4 Å². The van der Waals surface area contributed by atoms with E-state index in [1.807, 2.05) is 24.3 Å². The maximum absolute atomic E-state index is 12.9. The van der Waals surface area contributed by atoms with Crippen molar-refractivity contribution in [3.63, 3.8) is 0 Å². The quantitative estimate of drug-likeness (QED) is 0.424. The molecule has 186 valence electrons. The zero-order valence-electron chi connectivity index (χ0n) is 20.5. The van der Waals surface area contributed by atoms with Crippen molar-refractivity contribution >= 4 is 5.78 Å². The summed E-state index contributed by atoms with van der Waals surface area (Å²) in [7, 11) is 4.58. The molecule has 2 aromatic carbocycles. The number of aryl methyl sites for hydroxylation is 1. The van der Waals surface area contributed by atoms with Gasteiger partial charge in [-0.05, 0) is 43.0 Å². The van der Waals surface area contributed by atoms with Crippen LogP contribution in [0.1, 0.15) is 54.4 Å². The fourth-order valence-electron chi connectivity index (χ4n) is 4.34. The van der Waals surface area contributed by atoms with Gasteiger partial charge in [0.1, 0.15) is 18.5 Å². The molecule has 2 N–H and O–H groups in total. The predicted octanol–water partition coefficient (Wildman–Crippen LogP) is 4.19. The van der Waals surface area contributed by atoms with Crippen LogP contribution in [0, 0.1) is 0 Å². The second-order valence-corrected chi connectivity index (χ2v) is 8.65. The second kappa shape index (κ2) is 13.2. The Balaban J connectivity index is 1.56. The normalized spacial score (nSPS) is 14.9. The number of rotatable bonds is 13. The summed E-state index contributed by atoms with van der Waals surface area (Å²) in [5, 5.41) is 13.8. The van der Waals surface area contributed by atoms with Gasteiger partial charge in [-0.25, -0.2) is 0 Å². The first-order chi connectivity index (χ1) is 16.5. The van der Waals surface area contributed by atoms with Gasteiger partial charge < -0.3 is 29.4 Å². The van der Waals surface area contributed by atoms with Crippen molar-refractivity contribution in [2.24, 2.45) is 0 Å². The smallest absolute Gasteiger partial charge is 0.203 e. The molecule has 0 saturated heterocycles. The number of hydrogen-bond acceptors (Lipinski definition) is 7. The minimum atomic E-state index is -0.587. The average Bonchev–Trinajstić information content (AvgIpc) is 2.89. The van der Waals surface area contributed by atoms with Gasteiger partial charge in [0.05, 0.1) is 21.3 Å². The van der Waals surface area contributed by atoms with Crippen LogP contribution in [-0.2, 0) is 6.42 Å². The summed E-state index contributed by atoms with van der Waals surface area (Å²) < 4.78 is 22.0. The van der Waals surface area contributed by atoms with E-state index in [1.165, 1.54) is 53.4 Å². The second-order valence-electron chi connectivity index (χ2n) is 8.65. The van der Waals surface area contributed by atoms with Crippen molar-refractivity contribution < 1.29 is 28.8 Å². The molecule has 1 unspecified atom stereocenters. The number of Topliss-reactive ketones (excluding diaryl/α,β-unsaturated/α-hetero) is 1. The fraction of sp³-hybridized carbons (Fsp3) is 0.519. The zero-order chi connectivity index (χ0) is 24.3. The van der Waals surface area contributed by atoms with E-state index in [9.17, 15) is 9.90 Å². The van der Waals surface area contributed by atoms with Gasteiger partial charge >= 0.3 is 0 Å². The third-order valence-corrected chi connectivity index (χ3v) is 6.26. The molecule has 1 aliphatic rings. The highest BCUT2D eigenvalue weighted by atomic mass is 16.5. The average molecular weight is 472 g/mol. The molecule has 0 amide bonds. The predicted molar refractivity (Wildman–Crippen MR) is 132 cm³/mol. The van der Waals surface area contributed by atoms with E-state index in [4.69, 9.17) is 18.9 Å². The Morgan fingerprint density at radius 2 is 1.68 bits per heavy atom. The van der Waals surface area contributed by atoms with Gasteiger partial charge in [0, 0.05) is 24.6 Å². The van der Waals surface area contributed by atoms with E-state index in [0.717, 1.165) is 5.56 Å². The molecule has 7 nitrogen and oxygen atoms in total. The lowest BCUT2D eigenvalue weighted by molar-refractivity contribution is 0.0975. The highest BCUT2D eigenvalue weighted by Gasteiger charge is 2.18. The molecule has 0 radical (unpaired) electrons. The van der Waals surface area contributed by atoms with Crippen molar-refractivity contribution in [3.05, 3.63) is 47.5 Å². The molecule has 1 aliphatic carbocycles. The van der Waals surface area contributed by atoms with E-state index < -0.39 is 6.10 Å². The Bertz CT molecular complexity index is 900. The number of aliphatic hydroxyl groups excluding tert-OH is 1. The largest absolute Gasteiger partial charge is 0.493 e. The summed E-state index contributed by atoms with van der Waals surface area (Å²) in [6.07, 6.45) is 6.40. The highest BCUT2D eigenvalue weighted by molar-refractivity contribution is 5.97. The van der Waals surface area contributed by atoms with Crippen LogP contribution in [0.2, 0.25) is 0 Å². The van der Waals surface area contributed by atoms with Crippen molar-refractivity contribution in [3.8, 4) is 23.0 Å². The molecular formula is C27H37NO6. The Morgan fingerprint density at radius 3 is 2.32 bits per heavy atom. The molecule has 1 atom stereocenters. The molecule has 0 heterocycles. The van der Waals surface area contributed by atoms with Gasteiger partial charge in [0.25, 0.3) is 0 Å². The number of carbonyl (C=O) groups excluding carboxylic acids is 1. The van der Waals surface area contributed by atoms with Crippen molar-refractivity contribution in [2.45, 2.75) is 57.1 Å². The first-order valence-electron chi connectivity index (χ1n) is 12.0. The summed E-state index contributed by atoms with van der Waals surface area (Å²) in [5.41, 5.74) is 1.42. The Kier molecular flexibility index (Phi) is 10.0. The van der Waals surface area contributed by atoms with Crippen LogP contribution < -0.4 is 24.3 Å². The number of ketones is 1. The maximum Gasteiger partial charge on any atom is 0.203 e. The van der Waals surface area contributed by atoms with E-state index >= 15 is 0 Å². The van der Waals surface area contributed by atoms with Gasteiger partial charge in [-0.15, -0.1) is 0 Å². The number of aliphatic hydroxyl groups is 1. The first-order valence-corrected chi connectivity index (χ1v) is 12.0. The molecule has 0 aliphatic heterocycles. The summed E-state index contributed by atoms with van der Waals surface area (Å²) in [4.78, 5) is 12.9. The summed E-state index contributed by atoms with van der Waals surface area (Å²) in [5.74, 6) is 2.01. The molecule has 1 fully saturated rings. The SMILES string of the molecule is COc1cc(C(=O)CCc2ccccc2OCC(O)CNC2CCCCC2)cc(OC)c1OC. The molecule has 7 heteroatoms. The Labute approximate surface area is 202 Å². The minimum Gasteiger partial charge on any atom is -0.493 e. The number of benzene rings is 2. The summed E-state index contributed by atoms with van der Waals surface area (Å²) in [6, 6.07) is 11.5. The van der Waals surface area contributed by atoms with Gasteiger partial charge in [-0.3, -0.25) is 4.79 Å². The zero-order valence-corrected chi connectivity index (χ0v) is 20.5. The van der Waals surface area contributed by atoms with Gasteiger partial charge in [-0.1, -0.05) is 37.5 Å².